The second-order valence-corrected chi connectivity index (χ2v) is 6.37. The first kappa shape index (κ1) is 13.5. The Hall–Kier alpha value is -0.880. The van der Waals surface area contributed by atoms with Crippen LogP contribution in [0.3, 0.4) is 0 Å². The van der Waals surface area contributed by atoms with Gasteiger partial charge in [-0.2, -0.15) is 0 Å². The largest absolute Gasteiger partial charge is 0.393 e. The second-order valence-electron chi connectivity index (χ2n) is 4.34. The first-order chi connectivity index (χ1) is 8.44. The van der Waals surface area contributed by atoms with Crippen molar-refractivity contribution in [3.05, 3.63) is 40.3 Å². The second kappa shape index (κ2) is 5.40. The van der Waals surface area contributed by atoms with Gasteiger partial charge in [0.1, 0.15) is 0 Å². The van der Waals surface area contributed by atoms with Crippen molar-refractivity contribution in [1.29, 1.82) is 0 Å². The molecule has 0 saturated heterocycles. The summed E-state index contributed by atoms with van der Waals surface area (Å²) in [6.45, 7) is 0. The van der Waals surface area contributed by atoms with E-state index in [1.54, 1.807) is 24.3 Å². The van der Waals surface area contributed by atoms with Gasteiger partial charge in [-0.25, -0.2) is 13.1 Å². The highest BCUT2D eigenvalue weighted by Crippen LogP contribution is 2.20. The molecule has 0 aliphatic heterocycles. The normalized spacial score (nSPS) is 24.1. The van der Waals surface area contributed by atoms with E-state index in [0.29, 0.717) is 17.9 Å². The maximum atomic E-state index is 11.7. The Morgan fingerprint density at radius 2 is 1.89 bits per heavy atom. The number of hydrogen-bond acceptors (Lipinski definition) is 3. The first-order valence-electron chi connectivity index (χ1n) is 5.59. The summed E-state index contributed by atoms with van der Waals surface area (Å²) in [5, 5.41) is 10.8. The molecule has 0 spiro atoms. The third-order valence-corrected chi connectivity index (χ3v) is 4.16. The van der Waals surface area contributed by atoms with E-state index in [1.165, 1.54) is 6.08 Å². The SMILES string of the molecule is O=S(=O)(C=Cc1ccc(Cl)cc1)NC1CC(O)C1. The molecule has 1 fully saturated rings. The van der Waals surface area contributed by atoms with Gasteiger partial charge < -0.3 is 5.11 Å². The molecule has 0 aromatic heterocycles. The Kier molecular flexibility index (Phi) is 4.07. The fourth-order valence-electron chi connectivity index (χ4n) is 1.70. The predicted octanol–water partition coefficient (Wildman–Crippen LogP) is 1.75. The smallest absolute Gasteiger partial charge is 0.233 e. The van der Waals surface area contributed by atoms with Gasteiger partial charge in [0.2, 0.25) is 10.0 Å². The highest BCUT2D eigenvalue weighted by atomic mass is 35.5. The van der Waals surface area contributed by atoms with Crippen LogP contribution in [-0.4, -0.2) is 25.7 Å². The van der Waals surface area contributed by atoms with Gasteiger partial charge >= 0.3 is 0 Å². The summed E-state index contributed by atoms with van der Waals surface area (Å²) in [5.74, 6) is 0. The molecule has 98 valence electrons. The average molecular weight is 288 g/mol. The number of sulfonamides is 1. The molecule has 6 heteroatoms. The summed E-state index contributed by atoms with van der Waals surface area (Å²) >= 11 is 5.73. The molecule has 18 heavy (non-hydrogen) atoms. The number of hydrogen-bond donors (Lipinski definition) is 2. The predicted molar refractivity (Wildman–Crippen MR) is 71.6 cm³/mol. The summed E-state index contributed by atoms with van der Waals surface area (Å²) in [5.41, 5.74) is 0.762. The Balaban J connectivity index is 1.97. The molecule has 2 N–H and O–H groups in total. The number of aliphatic hydroxyl groups excluding tert-OH is 1. The Bertz CT molecular complexity index is 533. The highest BCUT2D eigenvalue weighted by Gasteiger charge is 2.29. The van der Waals surface area contributed by atoms with E-state index in [1.807, 2.05) is 0 Å². The minimum absolute atomic E-state index is 0.153. The highest BCUT2D eigenvalue weighted by molar-refractivity contribution is 7.92. The number of nitrogens with one attached hydrogen (secondary N) is 1. The maximum absolute atomic E-state index is 11.7. The topological polar surface area (TPSA) is 66.4 Å². The van der Waals surface area contributed by atoms with E-state index in [9.17, 15) is 8.42 Å². The molecule has 0 radical (unpaired) electrons. The van der Waals surface area contributed by atoms with Gasteiger partial charge in [-0.3, -0.25) is 0 Å². The quantitative estimate of drug-likeness (QED) is 0.887. The van der Waals surface area contributed by atoms with Crippen LogP contribution < -0.4 is 4.72 Å². The van der Waals surface area contributed by atoms with Gasteiger partial charge in [0, 0.05) is 16.5 Å². The van der Waals surface area contributed by atoms with Crippen molar-refractivity contribution in [2.45, 2.75) is 25.0 Å². The van der Waals surface area contributed by atoms with E-state index in [4.69, 9.17) is 16.7 Å². The Labute approximate surface area is 111 Å². The molecule has 1 aromatic rings. The van der Waals surface area contributed by atoms with Gasteiger partial charge in [0.05, 0.1) is 6.10 Å². The molecule has 0 bridgehead atoms. The molecule has 4 nitrogen and oxygen atoms in total. The molecule has 0 amide bonds. The van der Waals surface area contributed by atoms with Gasteiger partial charge in [-0.15, -0.1) is 0 Å². The summed E-state index contributed by atoms with van der Waals surface area (Å²) in [7, 11) is -3.45. The lowest BCUT2D eigenvalue weighted by molar-refractivity contribution is 0.0713. The van der Waals surface area contributed by atoms with Crippen molar-refractivity contribution in [2.24, 2.45) is 0 Å². The standard InChI is InChI=1S/C12H14ClNO3S/c13-10-3-1-9(2-4-10)5-6-18(16,17)14-11-7-12(15)8-11/h1-6,11-12,14-15H,7-8H2. The monoisotopic (exact) mass is 287 g/mol. The van der Waals surface area contributed by atoms with Crippen LogP contribution in [-0.2, 0) is 10.0 Å². The molecule has 0 heterocycles. The lowest BCUT2D eigenvalue weighted by atomic mass is 9.91. The van der Waals surface area contributed by atoms with Crippen molar-refractivity contribution < 1.29 is 13.5 Å². The molecule has 1 aliphatic rings. The van der Waals surface area contributed by atoms with Crippen molar-refractivity contribution >= 4 is 27.7 Å². The van der Waals surface area contributed by atoms with Crippen molar-refractivity contribution in [2.75, 3.05) is 0 Å². The van der Waals surface area contributed by atoms with Crippen LogP contribution in [0, 0.1) is 0 Å². The van der Waals surface area contributed by atoms with E-state index < -0.39 is 10.0 Å². The maximum Gasteiger partial charge on any atom is 0.233 e. The van der Waals surface area contributed by atoms with Crippen LogP contribution in [0.2, 0.25) is 5.02 Å². The summed E-state index contributed by atoms with van der Waals surface area (Å²) < 4.78 is 25.9. The molecule has 2 rings (SSSR count). The summed E-state index contributed by atoms with van der Waals surface area (Å²) in [6.07, 6.45) is 2.09. The molecule has 0 atom stereocenters. The number of aliphatic hydroxyl groups is 1. The van der Waals surface area contributed by atoms with Crippen LogP contribution in [0.5, 0.6) is 0 Å². The summed E-state index contributed by atoms with van der Waals surface area (Å²) in [6, 6.07) is 6.72. The van der Waals surface area contributed by atoms with Gasteiger partial charge in [0.15, 0.2) is 0 Å². The molecule has 0 unspecified atom stereocenters. The third-order valence-electron chi connectivity index (χ3n) is 2.75. The van der Waals surface area contributed by atoms with Crippen LogP contribution in [0.25, 0.3) is 6.08 Å². The lowest BCUT2D eigenvalue weighted by Gasteiger charge is -2.31. The first-order valence-corrected chi connectivity index (χ1v) is 7.51. The molecule has 1 saturated carbocycles. The van der Waals surface area contributed by atoms with E-state index in [-0.39, 0.29) is 12.1 Å². The fraction of sp³-hybridized carbons (Fsp3) is 0.333. The zero-order chi connectivity index (χ0) is 13.2. The lowest BCUT2D eigenvalue weighted by Crippen LogP contribution is -2.46. The van der Waals surface area contributed by atoms with E-state index in [2.05, 4.69) is 4.72 Å². The summed E-state index contributed by atoms with van der Waals surface area (Å²) in [4.78, 5) is 0. The number of rotatable bonds is 4. The number of halogens is 1. The van der Waals surface area contributed by atoms with Crippen LogP contribution >= 0.6 is 11.6 Å². The minimum Gasteiger partial charge on any atom is -0.393 e. The fourth-order valence-corrected chi connectivity index (χ4v) is 2.90. The van der Waals surface area contributed by atoms with E-state index >= 15 is 0 Å². The van der Waals surface area contributed by atoms with Gasteiger partial charge in [0.25, 0.3) is 0 Å². The molecule has 1 aliphatic carbocycles. The minimum atomic E-state index is -3.45. The zero-order valence-electron chi connectivity index (χ0n) is 9.58. The Morgan fingerprint density at radius 1 is 1.28 bits per heavy atom. The van der Waals surface area contributed by atoms with Crippen LogP contribution in [0.4, 0.5) is 0 Å². The third kappa shape index (κ3) is 3.81. The number of benzene rings is 1. The zero-order valence-corrected chi connectivity index (χ0v) is 11.2. The van der Waals surface area contributed by atoms with Crippen LogP contribution in [0.1, 0.15) is 18.4 Å². The average Bonchev–Trinajstić information content (AvgIpc) is 2.26. The molecule has 1 aromatic carbocycles. The Morgan fingerprint density at radius 3 is 2.44 bits per heavy atom. The van der Waals surface area contributed by atoms with Crippen LogP contribution in [0.15, 0.2) is 29.7 Å². The van der Waals surface area contributed by atoms with E-state index in [0.717, 1.165) is 11.0 Å². The van der Waals surface area contributed by atoms with Gasteiger partial charge in [-0.05, 0) is 36.6 Å². The van der Waals surface area contributed by atoms with Crippen molar-refractivity contribution in [1.82, 2.24) is 4.72 Å². The van der Waals surface area contributed by atoms with Crippen molar-refractivity contribution in [3.8, 4) is 0 Å². The van der Waals surface area contributed by atoms with Crippen molar-refractivity contribution in [3.63, 3.8) is 0 Å². The molecular formula is C12H14ClNO3S. The molecular weight excluding hydrogens is 274 g/mol. The van der Waals surface area contributed by atoms with Gasteiger partial charge in [-0.1, -0.05) is 23.7 Å².